The fourth-order valence-electron chi connectivity index (χ4n) is 2.88. The average molecular weight is 326 g/mol. The Labute approximate surface area is 130 Å². The second kappa shape index (κ2) is 4.61. The van der Waals surface area contributed by atoms with E-state index >= 15 is 0 Å². The molecule has 0 radical (unpaired) electrons. The highest BCUT2D eigenvalue weighted by molar-refractivity contribution is 5.81. The van der Waals surface area contributed by atoms with Crippen LogP contribution >= 0.6 is 0 Å². The highest BCUT2D eigenvalue weighted by Crippen LogP contribution is 2.62. The maximum Gasteiger partial charge on any atom is 0.471 e. The molecule has 2 aliphatic heterocycles. The number of fused-ring (bicyclic) bond motifs is 3. The number of hydrogen-bond acceptors (Lipinski definition) is 4. The molecule has 0 spiro atoms. The van der Waals surface area contributed by atoms with Gasteiger partial charge in [0, 0.05) is 5.56 Å². The van der Waals surface area contributed by atoms with Crippen LogP contribution in [0.5, 0.6) is 5.75 Å². The number of nitrogens with zero attached hydrogens (tertiary/aromatic N) is 1. The Balaban J connectivity index is 1.87. The number of ether oxygens (including phenoxy) is 2. The highest BCUT2D eigenvalue weighted by atomic mass is 19.4. The van der Waals surface area contributed by atoms with Crippen LogP contribution in [0.1, 0.15) is 31.1 Å². The second-order valence-corrected chi connectivity index (χ2v) is 6.04. The number of alkyl halides is 3. The summed E-state index contributed by atoms with van der Waals surface area (Å²) in [6, 6.07) is 6.80. The summed E-state index contributed by atoms with van der Waals surface area (Å²) in [5.41, 5.74) is -1.02. The van der Waals surface area contributed by atoms with Crippen LogP contribution in [0.3, 0.4) is 0 Å². The standard InChI is InChI=1S/C15H13F3N2O3/c1-13(2)14(7-20-12(21)15(16,17)18)11(23-14)9-5-8(6-19)3-4-10(9)22-13/h3-5,11H,7H2,1-2H3,(H,20,21). The molecule has 0 aliphatic carbocycles. The fraction of sp³-hybridized carbons (Fsp3) is 0.467. The largest absolute Gasteiger partial charge is 0.484 e. The smallest absolute Gasteiger partial charge is 0.471 e. The lowest BCUT2D eigenvalue weighted by molar-refractivity contribution is -0.174. The second-order valence-electron chi connectivity index (χ2n) is 6.04. The summed E-state index contributed by atoms with van der Waals surface area (Å²) >= 11 is 0. The summed E-state index contributed by atoms with van der Waals surface area (Å²) in [5, 5.41) is 10.8. The molecule has 5 nitrogen and oxygen atoms in total. The molecule has 1 aromatic rings. The molecule has 3 rings (SSSR count). The van der Waals surface area contributed by atoms with Crippen LogP contribution in [-0.2, 0) is 9.53 Å². The number of epoxide rings is 1. The molecule has 8 heteroatoms. The molecule has 1 saturated heterocycles. The van der Waals surface area contributed by atoms with Crippen molar-refractivity contribution >= 4 is 5.91 Å². The van der Waals surface area contributed by atoms with Crippen molar-refractivity contribution < 1.29 is 27.4 Å². The topological polar surface area (TPSA) is 74.7 Å². The first-order chi connectivity index (χ1) is 10.6. The summed E-state index contributed by atoms with van der Waals surface area (Å²) < 4.78 is 48.5. The molecule has 122 valence electrons. The monoisotopic (exact) mass is 326 g/mol. The van der Waals surface area contributed by atoms with Crippen LogP contribution in [0.4, 0.5) is 13.2 Å². The zero-order valence-electron chi connectivity index (χ0n) is 12.3. The molecule has 2 heterocycles. The van der Waals surface area contributed by atoms with Gasteiger partial charge in [-0.1, -0.05) is 0 Å². The molecule has 2 atom stereocenters. The third kappa shape index (κ3) is 2.32. The third-order valence-electron chi connectivity index (χ3n) is 4.27. The van der Waals surface area contributed by atoms with Gasteiger partial charge in [0.25, 0.3) is 0 Å². The first kappa shape index (κ1) is 15.6. The molecule has 2 aliphatic rings. The van der Waals surface area contributed by atoms with Crippen molar-refractivity contribution in [1.29, 1.82) is 5.26 Å². The van der Waals surface area contributed by atoms with E-state index in [1.165, 1.54) is 0 Å². The van der Waals surface area contributed by atoms with Crippen LogP contribution in [0.25, 0.3) is 0 Å². The lowest BCUT2D eigenvalue weighted by Gasteiger charge is -2.37. The number of amides is 1. The molecule has 23 heavy (non-hydrogen) atoms. The number of carbonyl (C=O) groups is 1. The van der Waals surface area contributed by atoms with Crippen molar-refractivity contribution in [1.82, 2.24) is 5.32 Å². The predicted octanol–water partition coefficient (Wildman–Crippen LogP) is 2.22. The number of halogens is 3. The Bertz CT molecular complexity index is 724. The number of rotatable bonds is 2. The number of benzene rings is 1. The van der Waals surface area contributed by atoms with E-state index in [9.17, 15) is 18.0 Å². The van der Waals surface area contributed by atoms with Gasteiger partial charge < -0.3 is 14.8 Å². The molecule has 1 amide bonds. The molecular formula is C15H13F3N2O3. The van der Waals surface area contributed by atoms with Gasteiger partial charge in [-0.3, -0.25) is 4.79 Å². The molecule has 1 aromatic carbocycles. The lowest BCUT2D eigenvalue weighted by atomic mass is 9.81. The van der Waals surface area contributed by atoms with E-state index in [1.54, 1.807) is 32.0 Å². The summed E-state index contributed by atoms with van der Waals surface area (Å²) in [4.78, 5) is 11.0. The van der Waals surface area contributed by atoms with Gasteiger partial charge in [0.2, 0.25) is 0 Å². The number of nitriles is 1. The Morgan fingerprint density at radius 1 is 1.43 bits per heavy atom. The maximum absolute atomic E-state index is 12.4. The molecule has 0 bridgehead atoms. The molecule has 2 unspecified atom stereocenters. The van der Waals surface area contributed by atoms with E-state index in [1.807, 2.05) is 11.4 Å². The SMILES string of the molecule is CC1(C)Oc2ccc(C#N)cc2C2OC21CNC(=O)C(F)(F)F. The minimum atomic E-state index is -4.95. The predicted molar refractivity (Wildman–Crippen MR) is 71.5 cm³/mol. The maximum atomic E-state index is 12.4. The van der Waals surface area contributed by atoms with E-state index in [0.29, 0.717) is 16.9 Å². The Morgan fingerprint density at radius 2 is 2.13 bits per heavy atom. The van der Waals surface area contributed by atoms with Gasteiger partial charge in [-0.05, 0) is 32.0 Å². The van der Waals surface area contributed by atoms with Gasteiger partial charge in [-0.25, -0.2) is 0 Å². The van der Waals surface area contributed by atoms with Crippen molar-refractivity contribution in [3.05, 3.63) is 29.3 Å². The molecule has 1 fully saturated rings. The first-order valence-corrected chi connectivity index (χ1v) is 6.87. The zero-order chi connectivity index (χ0) is 17.0. The number of nitrogens with one attached hydrogen (secondary N) is 1. The highest BCUT2D eigenvalue weighted by Gasteiger charge is 2.70. The molecule has 0 aromatic heterocycles. The summed E-state index contributed by atoms with van der Waals surface area (Å²) in [5.74, 6) is -1.50. The van der Waals surface area contributed by atoms with Crippen molar-refractivity contribution in [3.8, 4) is 11.8 Å². The lowest BCUT2D eigenvalue weighted by Crippen LogP contribution is -2.55. The number of hydrogen-bond donors (Lipinski definition) is 1. The Morgan fingerprint density at radius 3 is 2.74 bits per heavy atom. The van der Waals surface area contributed by atoms with Gasteiger partial charge in [0.1, 0.15) is 17.5 Å². The van der Waals surface area contributed by atoms with E-state index in [-0.39, 0.29) is 6.54 Å². The molecule has 0 saturated carbocycles. The van der Waals surface area contributed by atoms with E-state index in [2.05, 4.69) is 0 Å². The van der Waals surface area contributed by atoms with Crippen molar-refractivity contribution in [2.45, 2.75) is 37.3 Å². The minimum absolute atomic E-state index is 0.334. The zero-order valence-corrected chi connectivity index (χ0v) is 12.3. The van der Waals surface area contributed by atoms with Crippen molar-refractivity contribution in [2.75, 3.05) is 6.54 Å². The summed E-state index contributed by atoms with van der Waals surface area (Å²) in [6.45, 7) is 3.04. The average Bonchev–Trinajstić information content (AvgIpc) is 3.20. The Kier molecular flexibility index (Phi) is 3.13. The van der Waals surface area contributed by atoms with Crippen LogP contribution < -0.4 is 10.1 Å². The first-order valence-electron chi connectivity index (χ1n) is 6.87. The van der Waals surface area contributed by atoms with Crippen LogP contribution in [-0.4, -0.2) is 29.8 Å². The normalized spacial score (nSPS) is 27.0. The van der Waals surface area contributed by atoms with E-state index < -0.39 is 29.4 Å². The van der Waals surface area contributed by atoms with Crippen molar-refractivity contribution in [3.63, 3.8) is 0 Å². The fourth-order valence-corrected chi connectivity index (χ4v) is 2.88. The van der Waals surface area contributed by atoms with Gasteiger partial charge in [-0.15, -0.1) is 0 Å². The Hall–Kier alpha value is -2.27. The number of carbonyl (C=O) groups excluding carboxylic acids is 1. The van der Waals surface area contributed by atoms with Gasteiger partial charge in [0.05, 0.1) is 18.2 Å². The molecule has 1 N–H and O–H groups in total. The van der Waals surface area contributed by atoms with Gasteiger partial charge in [-0.2, -0.15) is 18.4 Å². The van der Waals surface area contributed by atoms with E-state index in [4.69, 9.17) is 14.7 Å². The van der Waals surface area contributed by atoms with Gasteiger partial charge in [0.15, 0.2) is 5.60 Å². The third-order valence-corrected chi connectivity index (χ3v) is 4.27. The van der Waals surface area contributed by atoms with Crippen molar-refractivity contribution in [2.24, 2.45) is 0 Å². The summed E-state index contributed by atoms with van der Waals surface area (Å²) in [6.07, 6.45) is -5.48. The van der Waals surface area contributed by atoms with Crippen LogP contribution in [0.15, 0.2) is 18.2 Å². The quantitative estimate of drug-likeness (QED) is 0.846. The van der Waals surface area contributed by atoms with Crippen LogP contribution in [0, 0.1) is 11.3 Å². The van der Waals surface area contributed by atoms with Crippen LogP contribution in [0.2, 0.25) is 0 Å². The minimum Gasteiger partial charge on any atom is -0.484 e. The van der Waals surface area contributed by atoms with Gasteiger partial charge >= 0.3 is 12.1 Å². The molecular weight excluding hydrogens is 313 g/mol. The van der Waals surface area contributed by atoms with E-state index in [0.717, 1.165) is 0 Å². The summed E-state index contributed by atoms with van der Waals surface area (Å²) in [7, 11) is 0.